The van der Waals surface area contributed by atoms with Gasteiger partial charge in [-0.25, -0.2) is 4.39 Å². The molecule has 0 bridgehead atoms. The van der Waals surface area contributed by atoms with Crippen LogP contribution in [0.2, 0.25) is 0 Å². The highest BCUT2D eigenvalue weighted by molar-refractivity contribution is 5.92. The first-order valence-electron chi connectivity index (χ1n) is 7.15. The fourth-order valence-electron chi connectivity index (χ4n) is 2.97. The molecule has 1 amide bonds. The lowest BCUT2D eigenvalue weighted by Crippen LogP contribution is -2.32. The van der Waals surface area contributed by atoms with Gasteiger partial charge < -0.3 is 15.5 Å². The van der Waals surface area contributed by atoms with E-state index in [2.05, 4.69) is 5.32 Å². The van der Waals surface area contributed by atoms with Crippen molar-refractivity contribution in [2.75, 3.05) is 0 Å². The highest BCUT2D eigenvalue weighted by atomic mass is 19.1. The van der Waals surface area contributed by atoms with Gasteiger partial charge in [-0.05, 0) is 23.1 Å². The van der Waals surface area contributed by atoms with Gasteiger partial charge >= 0.3 is 11.9 Å². The van der Waals surface area contributed by atoms with Gasteiger partial charge in [-0.1, -0.05) is 26.0 Å². The largest absolute Gasteiger partial charge is 0.481 e. The average Bonchev–Trinajstić information content (AvgIpc) is 3.01. The molecule has 3 atom stereocenters. The third kappa shape index (κ3) is 3.49. The Kier molecular flexibility index (Phi) is 4.40. The first-order chi connectivity index (χ1) is 10.6. The minimum absolute atomic E-state index is 0.373. The summed E-state index contributed by atoms with van der Waals surface area (Å²) < 4.78 is 13.0. The van der Waals surface area contributed by atoms with Crippen molar-refractivity contribution in [3.8, 4) is 0 Å². The van der Waals surface area contributed by atoms with Crippen LogP contribution >= 0.6 is 0 Å². The van der Waals surface area contributed by atoms with Gasteiger partial charge in [-0.15, -0.1) is 0 Å². The van der Waals surface area contributed by atoms with E-state index in [1.54, 1.807) is 13.8 Å². The fourth-order valence-corrected chi connectivity index (χ4v) is 2.97. The van der Waals surface area contributed by atoms with E-state index in [0.717, 1.165) is 0 Å². The molecular weight excluding hydrogens is 305 g/mol. The first kappa shape index (κ1) is 16.9. The van der Waals surface area contributed by atoms with Crippen LogP contribution < -0.4 is 5.32 Å². The number of hydrogen-bond acceptors (Lipinski definition) is 3. The molecule has 0 unspecified atom stereocenters. The van der Waals surface area contributed by atoms with E-state index in [1.807, 2.05) is 0 Å². The van der Waals surface area contributed by atoms with E-state index in [4.69, 9.17) is 10.2 Å². The molecule has 1 fully saturated rings. The summed E-state index contributed by atoms with van der Waals surface area (Å²) in [5.41, 5.74) is -0.223. The molecule has 1 aromatic rings. The molecule has 2 rings (SSSR count). The molecule has 3 N–H and O–H groups in total. The zero-order valence-electron chi connectivity index (χ0n) is 12.7. The van der Waals surface area contributed by atoms with E-state index in [9.17, 15) is 18.8 Å². The molecule has 1 aliphatic carbocycles. The Morgan fingerprint density at radius 2 is 1.74 bits per heavy atom. The van der Waals surface area contributed by atoms with Crippen LogP contribution in [0.4, 0.5) is 4.39 Å². The predicted octanol–water partition coefficient (Wildman–Crippen LogP) is 1.81. The molecule has 1 aliphatic rings. The number of aliphatic carboxylic acids is 2. The van der Waals surface area contributed by atoms with Crippen molar-refractivity contribution >= 4 is 17.8 Å². The van der Waals surface area contributed by atoms with E-state index in [-0.39, 0.29) is 6.42 Å². The van der Waals surface area contributed by atoms with Crippen molar-refractivity contribution in [1.29, 1.82) is 0 Å². The fraction of sp³-hybridized carbons (Fsp3) is 0.438. The van der Waals surface area contributed by atoms with Crippen LogP contribution in [0.5, 0.6) is 0 Å². The molecule has 7 heteroatoms. The van der Waals surface area contributed by atoms with E-state index < -0.39 is 47.0 Å². The zero-order chi connectivity index (χ0) is 17.4. The number of carbonyl (C=O) groups excluding carboxylic acids is 1. The molecule has 124 valence electrons. The Labute approximate surface area is 132 Å². The van der Waals surface area contributed by atoms with Crippen molar-refractivity contribution < 1.29 is 29.0 Å². The van der Waals surface area contributed by atoms with E-state index in [1.165, 1.54) is 24.3 Å². The Balaban J connectivity index is 2.15. The van der Waals surface area contributed by atoms with Crippen LogP contribution in [0.15, 0.2) is 24.3 Å². The highest BCUT2D eigenvalue weighted by Gasteiger charge is 2.66. The second kappa shape index (κ2) is 5.98. The lowest BCUT2D eigenvalue weighted by atomic mass is 10.0. The minimum atomic E-state index is -1.12. The monoisotopic (exact) mass is 323 g/mol. The zero-order valence-corrected chi connectivity index (χ0v) is 12.7. The summed E-state index contributed by atoms with van der Waals surface area (Å²) in [6.45, 7) is 3.36. The molecule has 0 saturated heterocycles. The van der Waals surface area contributed by atoms with Gasteiger partial charge in [0.2, 0.25) is 5.91 Å². The van der Waals surface area contributed by atoms with Gasteiger partial charge in [0.25, 0.3) is 0 Å². The average molecular weight is 323 g/mol. The molecule has 0 heterocycles. The van der Waals surface area contributed by atoms with Crippen molar-refractivity contribution in [2.24, 2.45) is 17.3 Å². The topological polar surface area (TPSA) is 104 Å². The van der Waals surface area contributed by atoms with Gasteiger partial charge in [-0.3, -0.25) is 14.4 Å². The standard InChI is InChI=1S/C16H18FNO5/c1-16(2)12(13(16)15(22)23)14(21)18-10(7-11(19)20)8-3-5-9(17)6-4-8/h3-6,10,12-13H,7H2,1-2H3,(H,18,21)(H,19,20)(H,22,23)/t10-,12-,13+/m1/s1. The molecule has 0 aliphatic heterocycles. The summed E-state index contributed by atoms with van der Waals surface area (Å²) in [6, 6.07) is 4.31. The molecular formula is C16H18FNO5. The lowest BCUT2D eigenvalue weighted by Gasteiger charge is -2.18. The maximum absolute atomic E-state index is 13.0. The van der Waals surface area contributed by atoms with Crippen molar-refractivity contribution in [1.82, 2.24) is 5.32 Å². The maximum Gasteiger partial charge on any atom is 0.307 e. The van der Waals surface area contributed by atoms with Gasteiger partial charge in [0.1, 0.15) is 5.82 Å². The lowest BCUT2D eigenvalue weighted by molar-refractivity contribution is -0.141. The highest BCUT2D eigenvalue weighted by Crippen LogP contribution is 2.58. The summed E-state index contributed by atoms with van der Waals surface area (Å²) in [7, 11) is 0. The number of rotatable bonds is 6. The Morgan fingerprint density at radius 3 is 2.17 bits per heavy atom. The van der Waals surface area contributed by atoms with Crippen LogP contribution in [0.3, 0.4) is 0 Å². The number of nitrogens with one attached hydrogen (secondary N) is 1. The molecule has 6 nitrogen and oxygen atoms in total. The maximum atomic E-state index is 13.0. The molecule has 23 heavy (non-hydrogen) atoms. The summed E-state index contributed by atoms with van der Waals surface area (Å²) in [5, 5.41) is 20.7. The summed E-state index contributed by atoms with van der Waals surface area (Å²) >= 11 is 0. The number of carboxylic acids is 2. The predicted molar refractivity (Wildman–Crippen MR) is 77.9 cm³/mol. The second-order valence-electron chi connectivity index (χ2n) is 6.33. The summed E-state index contributed by atoms with van der Waals surface area (Å²) in [6.07, 6.45) is -0.373. The van der Waals surface area contributed by atoms with Crippen LogP contribution in [-0.2, 0) is 14.4 Å². The molecule has 1 aromatic carbocycles. The van der Waals surface area contributed by atoms with Gasteiger partial charge in [0.15, 0.2) is 0 Å². The van der Waals surface area contributed by atoms with Gasteiger partial charge in [0, 0.05) is 0 Å². The molecule has 1 saturated carbocycles. The van der Waals surface area contributed by atoms with Crippen LogP contribution in [0.1, 0.15) is 31.9 Å². The minimum Gasteiger partial charge on any atom is -0.481 e. The van der Waals surface area contributed by atoms with Gasteiger partial charge in [0.05, 0.1) is 24.3 Å². The number of halogens is 1. The second-order valence-corrected chi connectivity index (χ2v) is 6.33. The van der Waals surface area contributed by atoms with Crippen LogP contribution in [0.25, 0.3) is 0 Å². The smallest absolute Gasteiger partial charge is 0.307 e. The quantitative estimate of drug-likeness (QED) is 0.741. The van der Waals surface area contributed by atoms with E-state index >= 15 is 0 Å². The SMILES string of the molecule is CC1(C)[C@H](C(=O)O)[C@@H]1C(=O)N[C@H](CC(=O)O)c1ccc(F)cc1. The first-order valence-corrected chi connectivity index (χ1v) is 7.15. The Morgan fingerprint density at radius 1 is 1.17 bits per heavy atom. The van der Waals surface area contributed by atoms with E-state index in [0.29, 0.717) is 5.56 Å². The normalized spacial score (nSPS) is 22.9. The van der Waals surface area contributed by atoms with Crippen molar-refractivity contribution in [2.45, 2.75) is 26.3 Å². The van der Waals surface area contributed by atoms with Crippen LogP contribution in [-0.4, -0.2) is 28.1 Å². The van der Waals surface area contributed by atoms with Crippen molar-refractivity contribution in [3.05, 3.63) is 35.6 Å². The van der Waals surface area contributed by atoms with Gasteiger partial charge in [-0.2, -0.15) is 0 Å². The summed E-state index contributed by atoms with van der Waals surface area (Å²) in [5.74, 6) is -4.64. The molecule has 0 radical (unpaired) electrons. The molecule has 0 aromatic heterocycles. The number of carboxylic acid groups (broad SMARTS) is 2. The Bertz CT molecular complexity index is 640. The number of amides is 1. The number of hydrogen-bond donors (Lipinski definition) is 3. The van der Waals surface area contributed by atoms with Crippen LogP contribution in [0, 0.1) is 23.1 Å². The third-order valence-corrected chi connectivity index (χ3v) is 4.34. The van der Waals surface area contributed by atoms with Crippen molar-refractivity contribution in [3.63, 3.8) is 0 Å². The molecule has 0 spiro atoms. The summed E-state index contributed by atoms with van der Waals surface area (Å²) in [4.78, 5) is 34.5. The number of benzene rings is 1. The third-order valence-electron chi connectivity index (χ3n) is 4.34. The Hall–Kier alpha value is -2.44. The number of carbonyl (C=O) groups is 3.